The Kier molecular flexibility index (Phi) is 4.34. The molecule has 0 aliphatic carbocycles. The molecule has 0 aliphatic rings. The van der Waals surface area contributed by atoms with Gasteiger partial charge in [-0.05, 0) is 66.8 Å². The Bertz CT molecular complexity index is 602. The largest absolute Gasteiger partial charge is 0.384 e. The highest BCUT2D eigenvalue weighted by molar-refractivity contribution is 9.10. The van der Waals surface area contributed by atoms with Gasteiger partial charge in [-0.25, -0.2) is 0 Å². The molecule has 1 N–H and O–H groups in total. The van der Waals surface area contributed by atoms with Crippen molar-refractivity contribution in [3.05, 3.63) is 67.6 Å². The van der Waals surface area contributed by atoms with E-state index >= 15 is 0 Å². The second-order valence-electron chi connectivity index (χ2n) is 4.92. The normalized spacial score (nSPS) is 12.5. The molecule has 1 nitrogen and oxygen atoms in total. The van der Waals surface area contributed by atoms with E-state index in [2.05, 4.69) is 15.9 Å². The summed E-state index contributed by atoms with van der Waals surface area (Å²) < 4.78 is 1.06. The quantitative estimate of drug-likeness (QED) is 0.806. The molecular formula is C16H16BrClO. The summed E-state index contributed by atoms with van der Waals surface area (Å²) in [6.07, 6.45) is -0.649. The minimum absolute atomic E-state index is 0.649. The lowest BCUT2D eigenvalue weighted by Crippen LogP contribution is -2.03. The monoisotopic (exact) mass is 338 g/mol. The average Bonchev–Trinajstić information content (AvgIpc) is 2.31. The summed E-state index contributed by atoms with van der Waals surface area (Å²) in [5.41, 5.74) is 4.96. The van der Waals surface area contributed by atoms with E-state index in [1.165, 1.54) is 0 Å². The minimum Gasteiger partial charge on any atom is -0.384 e. The van der Waals surface area contributed by atoms with Gasteiger partial charge in [-0.15, -0.1) is 0 Å². The molecule has 0 radical (unpaired) electrons. The first-order chi connectivity index (χ1) is 8.88. The molecule has 1 unspecified atom stereocenters. The van der Waals surface area contributed by atoms with E-state index in [0.717, 1.165) is 32.3 Å². The topological polar surface area (TPSA) is 20.2 Å². The van der Waals surface area contributed by atoms with Crippen molar-refractivity contribution in [1.82, 2.24) is 0 Å². The van der Waals surface area contributed by atoms with Gasteiger partial charge >= 0.3 is 0 Å². The maximum atomic E-state index is 10.6. The van der Waals surface area contributed by atoms with Crippen LogP contribution in [0.5, 0.6) is 0 Å². The lowest BCUT2D eigenvalue weighted by Gasteiger charge is -2.17. The molecule has 1 atom stereocenters. The molecule has 0 spiro atoms. The van der Waals surface area contributed by atoms with Crippen LogP contribution < -0.4 is 0 Å². The number of hydrogen-bond donors (Lipinski definition) is 1. The fourth-order valence-corrected chi connectivity index (χ4v) is 2.96. The first-order valence-electron chi connectivity index (χ1n) is 6.10. The summed E-state index contributed by atoms with van der Waals surface area (Å²) in [4.78, 5) is 0. The Balaban J connectivity index is 2.49. The van der Waals surface area contributed by atoms with Crippen molar-refractivity contribution in [3.8, 4) is 0 Å². The van der Waals surface area contributed by atoms with E-state index in [0.29, 0.717) is 5.02 Å². The first kappa shape index (κ1) is 14.6. The standard InChI is InChI=1S/C16H16BrClO/c1-9-4-12(8-13(18)5-9)16(19)14-6-11(3)15(17)7-10(14)2/h4-8,16,19H,1-3H3. The average molecular weight is 340 g/mol. The van der Waals surface area contributed by atoms with Crippen LogP contribution in [0.15, 0.2) is 34.8 Å². The third-order valence-electron chi connectivity index (χ3n) is 3.22. The Morgan fingerprint density at radius 3 is 2.32 bits per heavy atom. The Morgan fingerprint density at radius 1 is 1.00 bits per heavy atom. The van der Waals surface area contributed by atoms with Gasteiger partial charge in [-0.2, -0.15) is 0 Å². The SMILES string of the molecule is Cc1cc(Cl)cc(C(O)c2cc(C)c(Br)cc2C)c1. The predicted molar refractivity (Wildman–Crippen MR) is 83.9 cm³/mol. The molecule has 2 aromatic carbocycles. The molecule has 100 valence electrons. The molecule has 0 bridgehead atoms. The van der Waals surface area contributed by atoms with Gasteiger partial charge in [0.1, 0.15) is 6.10 Å². The number of aryl methyl sites for hydroxylation is 3. The second-order valence-corrected chi connectivity index (χ2v) is 6.21. The predicted octanol–water partition coefficient (Wildman–Crippen LogP) is 5.11. The summed E-state index contributed by atoms with van der Waals surface area (Å²) >= 11 is 9.57. The van der Waals surface area contributed by atoms with Crippen LogP contribution in [0.1, 0.15) is 33.9 Å². The van der Waals surface area contributed by atoms with Gasteiger partial charge in [0.25, 0.3) is 0 Å². The number of halogens is 2. The van der Waals surface area contributed by atoms with Crippen molar-refractivity contribution >= 4 is 27.5 Å². The number of aliphatic hydroxyl groups is 1. The lowest BCUT2D eigenvalue weighted by molar-refractivity contribution is 0.219. The van der Waals surface area contributed by atoms with Crippen LogP contribution in [0.25, 0.3) is 0 Å². The van der Waals surface area contributed by atoms with Crippen molar-refractivity contribution < 1.29 is 5.11 Å². The first-order valence-corrected chi connectivity index (χ1v) is 7.27. The van der Waals surface area contributed by atoms with Crippen molar-refractivity contribution in [2.45, 2.75) is 26.9 Å². The Morgan fingerprint density at radius 2 is 1.68 bits per heavy atom. The number of hydrogen-bond acceptors (Lipinski definition) is 1. The summed E-state index contributed by atoms with van der Waals surface area (Å²) in [7, 11) is 0. The third-order valence-corrected chi connectivity index (χ3v) is 4.29. The zero-order valence-corrected chi connectivity index (χ0v) is 13.5. The second kappa shape index (κ2) is 5.66. The van der Waals surface area contributed by atoms with Gasteiger partial charge in [0, 0.05) is 9.50 Å². The zero-order valence-electron chi connectivity index (χ0n) is 11.2. The lowest BCUT2D eigenvalue weighted by atomic mass is 9.95. The Labute approximate surface area is 127 Å². The van der Waals surface area contributed by atoms with Crippen LogP contribution in [-0.2, 0) is 0 Å². The van der Waals surface area contributed by atoms with Crippen LogP contribution >= 0.6 is 27.5 Å². The number of aliphatic hydroxyl groups excluding tert-OH is 1. The fraction of sp³-hybridized carbons (Fsp3) is 0.250. The number of rotatable bonds is 2. The minimum atomic E-state index is -0.649. The highest BCUT2D eigenvalue weighted by Crippen LogP contribution is 2.30. The van der Waals surface area contributed by atoms with E-state index < -0.39 is 6.10 Å². The van der Waals surface area contributed by atoms with Crippen molar-refractivity contribution in [2.24, 2.45) is 0 Å². The van der Waals surface area contributed by atoms with E-state index in [1.54, 1.807) is 0 Å². The maximum Gasteiger partial charge on any atom is 0.104 e. The van der Waals surface area contributed by atoms with E-state index in [4.69, 9.17) is 11.6 Å². The highest BCUT2D eigenvalue weighted by Gasteiger charge is 2.15. The molecule has 2 rings (SSSR count). The molecule has 2 aromatic rings. The third kappa shape index (κ3) is 3.19. The molecule has 0 amide bonds. The Hall–Kier alpha value is -0.830. The molecule has 0 aliphatic heterocycles. The summed E-state index contributed by atoms with van der Waals surface area (Å²) in [5.74, 6) is 0. The zero-order chi connectivity index (χ0) is 14.2. The molecule has 0 saturated carbocycles. The fourth-order valence-electron chi connectivity index (χ4n) is 2.20. The van der Waals surface area contributed by atoms with E-state index in [1.807, 2.05) is 51.1 Å². The van der Waals surface area contributed by atoms with Crippen LogP contribution in [0.2, 0.25) is 5.02 Å². The van der Waals surface area contributed by atoms with Crippen molar-refractivity contribution in [3.63, 3.8) is 0 Å². The van der Waals surface area contributed by atoms with Crippen LogP contribution in [0, 0.1) is 20.8 Å². The van der Waals surface area contributed by atoms with Gasteiger partial charge in [-0.1, -0.05) is 39.7 Å². The highest BCUT2D eigenvalue weighted by atomic mass is 79.9. The number of benzene rings is 2. The van der Waals surface area contributed by atoms with E-state index in [-0.39, 0.29) is 0 Å². The van der Waals surface area contributed by atoms with Gasteiger partial charge in [0.05, 0.1) is 0 Å². The summed E-state index contributed by atoms with van der Waals surface area (Å²) in [6, 6.07) is 9.71. The molecule has 0 fully saturated rings. The molecule has 0 heterocycles. The van der Waals surface area contributed by atoms with Gasteiger partial charge in [0.15, 0.2) is 0 Å². The van der Waals surface area contributed by atoms with Gasteiger partial charge in [-0.3, -0.25) is 0 Å². The molecule has 19 heavy (non-hydrogen) atoms. The smallest absolute Gasteiger partial charge is 0.104 e. The van der Waals surface area contributed by atoms with Crippen molar-refractivity contribution in [2.75, 3.05) is 0 Å². The van der Waals surface area contributed by atoms with Gasteiger partial charge in [0.2, 0.25) is 0 Å². The van der Waals surface area contributed by atoms with Gasteiger partial charge < -0.3 is 5.11 Å². The van der Waals surface area contributed by atoms with Crippen LogP contribution in [0.3, 0.4) is 0 Å². The maximum absolute atomic E-state index is 10.6. The summed E-state index contributed by atoms with van der Waals surface area (Å²) in [6.45, 7) is 5.99. The van der Waals surface area contributed by atoms with Crippen LogP contribution in [0.4, 0.5) is 0 Å². The molecule has 3 heteroatoms. The summed E-state index contributed by atoms with van der Waals surface area (Å²) in [5, 5.41) is 11.2. The molecule has 0 aromatic heterocycles. The van der Waals surface area contributed by atoms with Crippen molar-refractivity contribution in [1.29, 1.82) is 0 Å². The molecule has 0 saturated heterocycles. The van der Waals surface area contributed by atoms with E-state index in [9.17, 15) is 5.11 Å². The van der Waals surface area contributed by atoms with Crippen LogP contribution in [-0.4, -0.2) is 5.11 Å². The molecular weight excluding hydrogens is 324 g/mol.